The maximum Gasteiger partial charge on any atom is 0.339 e. The molecule has 2 aromatic rings. The predicted molar refractivity (Wildman–Crippen MR) is 81.7 cm³/mol. The molecule has 0 atom stereocenters. The van der Waals surface area contributed by atoms with Gasteiger partial charge in [-0.3, -0.25) is 0 Å². The molecule has 0 amide bonds. The molecule has 3 nitrogen and oxygen atoms in total. The number of aromatic carboxylic acids is 1. The smallest absolute Gasteiger partial charge is 0.339 e. The summed E-state index contributed by atoms with van der Waals surface area (Å²) in [4.78, 5) is 11.2. The second-order valence-electron chi connectivity index (χ2n) is 4.38. The van der Waals surface area contributed by atoms with Crippen LogP contribution in [-0.2, 0) is 12.2 Å². The third-order valence-corrected chi connectivity index (χ3v) is 3.31. The van der Waals surface area contributed by atoms with Gasteiger partial charge in [0.2, 0.25) is 0 Å². The van der Waals surface area contributed by atoms with E-state index in [1.807, 2.05) is 36.4 Å². The SMILES string of the molecule is O=C(O)c1cc(CS)ccc1OCCc1ccccc1. The van der Waals surface area contributed by atoms with E-state index in [0.29, 0.717) is 18.1 Å². The van der Waals surface area contributed by atoms with Gasteiger partial charge in [0.25, 0.3) is 0 Å². The summed E-state index contributed by atoms with van der Waals surface area (Å²) in [6, 6.07) is 15.1. The molecule has 0 spiro atoms. The zero-order valence-corrected chi connectivity index (χ0v) is 11.8. The van der Waals surface area contributed by atoms with Crippen LogP contribution in [0.25, 0.3) is 0 Å². The van der Waals surface area contributed by atoms with Crippen LogP contribution in [0.15, 0.2) is 48.5 Å². The Hall–Kier alpha value is -1.94. The Morgan fingerprint density at radius 2 is 1.85 bits per heavy atom. The summed E-state index contributed by atoms with van der Waals surface area (Å²) in [5, 5.41) is 9.20. The van der Waals surface area contributed by atoms with E-state index in [0.717, 1.165) is 17.5 Å². The molecule has 0 saturated carbocycles. The molecule has 0 heterocycles. The van der Waals surface area contributed by atoms with Crippen LogP contribution >= 0.6 is 12.6 Å². The van der Waals surface area contributed by atoms with Gasteiger partial charge in [0.15, 0.2) is 0 Å². The average molecular weight is 288 g/mol. The molecule has 0 aliphatic heterocycles. The summed E-state index contributed by atoms with van der Waals surface area (Å²) in [6.07, 6.45) is 0.744. The Morgan fingerprint density at radius 1 is 1.10 bits per heavy atom. The van der Waals surface area contributed by atoms with Crippen LogP contribution in [-0.4, -0.2) is 17.7 Å². The summed E-state index contributed by atoms with van der Waals surface area (Å²) in [5.74, 6) is -0.0767. The molecule has 2 aromatic carbocycles. The Balaban J connectivity index is 2.04. The molecular formula is C16H16O3S. The van der Waals surface area contributed by atoms with Gasteiger partial charge in [0.1, 0.15) is 11.3 Å². The minimum absolute atomic E-state index is 0.185. The van der Waals surface area contributed by atoms with Crippen LogP contribution in [0.2, 0.25) is 0 Å². The molecule has 104 valence electrons. The van der Waals surface area contributed by atoms with Crippen LogP contribution in [0.5, 0.6) is 5.75 Å². The molecule has 2 rings (SSSR count). The lowest BCUT2D eigenvalue weighted by Gasteiger charge is -2.10. The van der Waals surface area contributed by atoms with Gasteiger partial charge in [0, 0.05) is 12.2 Å². The highest BCUT2D eigenvalue weighted by Crippen LogP contribution is 2.21. The lowest BCUT2D eigenvalue weighted by molar-refractivity contribution is 0.0692. The largest absolute Gasteiger partial charge is 0.492 e. The molecule has 0 unspecified atom stereocenters. The molecule has 0 aliphatic carbocycles. The van der Waals surface area contributed by atoms with Gasteiger partial charge < -0.3 is 9.84 Å². The molecule has 0 radical (unpaired) electrons. The maximum absolute atomic E-state index is 11.2. The summed E-state index contributed by atoms with van der Waals surface area (Å²) in [7, 11) is 0. The number of hydrogen-bond donors (Lipinski definition) is 2. The second-order valence-corrected chi connectivity index (χ2v) is 4.69. The minimum atomic E-state index is -0.983. The van der Waals surface area contributed by atoms with E-state index in [1.54, 1.807) is 12.1 Å². The van der Waals surface area contributed by atoms with E-state index in [1.165, 1.54) is 0 Å². The first-order valence-electron chi connectivity index (χ1n) is 6.34. The molecular weight excluding hydrogens is 272 g/mol. The predicted octanol–water partition coefficient (Wildman–Crippen LogP) is 3.44. The number of hydrogen-bond acceptors (Lipinski definition) is 3. The van der Waals surface area contributed by atoms with Crippen LogP contribution in [0.3, 0.4) is 0 Å². The van der Waals surface area contributed by atoms with Crippen molar-refractivity contribution in [1.82, 2.24) is 0 Å². The standard InChI is InChI=1S/C16H16O3S/c17-16(18)14-10-13(11-20)6-7-15(14)19-9-8-12-4-2-1-3-5-12/h1-7,10,20H,8-9,11H2,(H,17,18). The first-order chi connectivity index (χ1) is 9.70. The van der Waals surface area contributed by atoms with Crippen LogP contribution in [0.4, 0.5) is 0 Å². The molecule has 0 bridgehead atoms. The normalized spacial score (nSPS) is 10.2. The van der Waals surface area contributed by atoms with Crippen molar-refractivity contribution in [3.05, 3.63) is 65.2 Å². The van der Waals surface area contributed by atoms with Gasteiger partial charge in [-0.15, -0.1) is 0 Å². The molecule has 1 N–H and O–H groups in total. The third-order valence-electron chi connectivity index (χ3n) is 2.95. The first kappa shape index (κ1) is 14.5. The molecule has 0 aromatic heterocycles. The van der Waals surface area contributed by atoms with E-state index in [2.05, 4.69) is 12.6 Å². The fraction of sp³-hybridized carbons (Fsp3) is 0.188. The zero-order chi connectivity index (χ0) is 14.4. The van der Waals surface area contributed by atoms with Crippen molar-refractivity contribution in [2.45, 2.75) is 12.2 Å². The highest BCUT2D eigenvalue weighted by molar-refractivity contribution is 7.79. The molecule has 0 fully saturated rings. The lowest BCUT2D eigenvalue weighted by atomic mass is 10.1. The Morgan fingerprint density at radius 3 is 2.50 bits per heavy atom. The zero-order valence-electron chi connectivity index (χ0n) is 11.0. The minimum Gasteiger partial charge on any atom is -0.492 e. The Kier molecular flexibility index (Phi) is 5.07. The van der Waals surface area contributed by atoms with Crippen molar-refractivity contribution < 1.29 is 14.6 Å². The van der Waals surface area contributed by atoms with E-state index >= 15 is 0 Å². The number of thiol groups is 1. The van der Waals surface area contributed by atoms with E-state index < -0.39 is 5.97 Å². The van der Waals surface area contributed by atoms with Gasteiger partial charge in [-0.2, -0.15) is 12.6 Å². The van der Waals surface area contributed by atoms with Gasteiger partial charge in [0.05, 0.1) is 6.61 Å². The van der Waals surface area contributed by atoms with Crippen molar-refractivity contribution in [2.75, 3.05) is 6.61 Å². The maximum atomic E-state index is 11.2. The fourth-order valence-corrected chi connectivity index (χ4v) is 2.09. The molecule has 0 aliphatic rings. The monoisotopic (exact) mass is 288 g/mol. The lowest BCUT2D eigenvalue weighted by Crippen LogP contribution is -2.07. The Bertz CT molecular complexity index is 582. The average Bonchev–Trinajstić information content (AvgIpc) is 2.48. The number of carboxylic acid groups (broad SMARTS) is 1. The van der Waals surface area contributed by atoms with E-state index in [9.17, 15) is 9.90 Å². The number of carboxylic acids is 1. The molecule has 20 heavy (non-hydrogen) atoms. The van der Waals surface area contributed by atoms with E-state index in [-0.39, 0.29) is 5.56 Å². The van der Waals surface area contributed by atoms with Crippen molar-refractivity contribution in [2.24, 2.45) is 0 Å². The summed E-state index contributed by atoms with van der Waals surface area (Å²) < 4.78 is 5.60. The van der Waals surface area contributed by atoms with Crippen molar-refractivity contribution >= 4 is 18.6 Å². The van der Waals surface area contributed by atoms with Crippen LogP contribution in [0, 0.1) is 0 Å². The fourth-order valence-electron chi connectivity index (χ4n) is 1.89. The molecule has 4 heteroatoms. The van der Waals surface area contributed by atoms with Crippen molar-refractivity contribution in [1.29, 1.82) is 0 Å². The first-order valence-corrected chi connectivity index (χ1v) is 6.98. The second kappa shape index (κ2) is 7.01. The number of carbonyl (C=O) groups is 1. The molecule has 0 saturated heterocycles. The highest BCUT2D eigenvalue weighted by Gasteiger charge is 2.12. The van der Waals surface area contributed by atoms with Gasteiger partial charge in [-0.05, 0) is 23.3 Å². The summed E-state index contributed by atoms with van der Waals surface area (Å²) >= 11 is 4.14. The van der Waals surface area contributed by atoms with Crippen molar-refractivity contribution in [3.63, 3.8) is 0 Å². The number of ether oxygens (including phenoxy) is 1. The van der Waals surface area contributed by atoms with Crippen LogP contribution in [0.1, 0.15) is 21.5 Å². The summed E-state index contributed by atoms with van der Waals surface area (Å²) in [6.45, 7) is 0.449. The number of benzene rings is 2. The Labute approximate surface area is 123 Å². The van der Waals surface area contributed by atoms with E-state index in [4.69, 9.17) is 4.74 Å². The van der Waals surface area contributed by atoms with Crippen LogP contribution < -0.4 is 4.74 Å². The highest BCUT2D eigenvalue weighted by atomic mass is 32.1. The van der Waals surface area contributed by atoms with Gasteiger partial charge >= 0.3 is 5.97 Å². The number of rotatable bonds is 6. The summed E-state index contributed by atoms with van der Waals surface area (Å²) in [5.41, 5.74) is 2.21. The topological polar surface area (TPSA) is 46.5 Å². The van der Waals surface area contributed by atoms with Gasteiger partial charge in [-0.1, -0.05) is 36.4 Å². The third kappa shape index (κ3) is 3.78. The quantitative estimate of drug-likeness (QED) is 0.800. The van der Waals surface area contributed by atoms with Crippen molar-refractivity contribution in [3.8, 4) is 5.75 Å². The van der Waals surface area contributed by atoms with Gasteiger partial charge in [-0.25, -0.2) is 4.79 Å².